The van der Waals surface area contributed by atoms with Crippen LogP contribution in [-0.4, -0.2) is 17.7 Å². The van der Waals surface area contributed by atoms with Gasteiger partial charge in [-0.15, -0.1) is 0 Å². The Morgan fingerprint density at radius 1 is 1.31 bits per heavy atom. The molecule has 0 aromatic heterocycles. The standard InChI is InChI=1S/C9H6F4O3/c10-8(11)16-6-4-2-1-3-5(6)9(12,13)7(14)15/h1-4,8H,(H,14,15). The highest BCUT2D eigenvalue weighted by atomic mass is 19.3. The Labute approximate surface area is 87.3 Å². The largest absolute Gasteiger partial charge is 0.477 e. The number of hydrogen-bond acceptors (Lipinski definition) is 2. The second-order valence-corrected chi connectivity index (χ2v) is 2.75. The number of ether oxygens (including phenoxy) is 1. The van der Waals surface area contributed by atoms with Crippen LogP contribution in [0.3, 0.4) is 0 Å². The topological polar surface area (TPSA) is 46.5 Å². The molecule has 16 heavy (non-hydrogen) atoms. The van der Waals surface area contributed by atoms with Crippen molar-refractivity contribution in [2.45, 2.75) is 12.5 Å². The van der Waals surface area contributed by atoms with Crippen molar-refractivity contribution in [1.82, 2.24) is 0 Å². The van der Waals surface area contributed by atoms with Crippen LogP contribution in [0.4, 0.5) is 17.6 Å². The molecule has 0 saturated carbocycles. The zero-order chi connectivity index (χ0) is 12.3. The number of rotatable bonds is 4. The van der Waals surface area contributed by atoms with E-state index in [1.54, 1.807) is 0 Å². The molecular weight excluding hydrogens is 232 g/mol. The lowest BCUT2D eigenvalue weighted by Gasteiger charge is -2.15. The third-order valence-electron chi connectivity index (χ3n) is 1.71. The van der Waals surface area contributed by atoms with Crippen LogP contribution >= 0.6 is 0 Å². The van der Waals surface area contributed by atoms with Crippen molar-refractivity contribution in [2.24, 2.45) is 0 Å². The van der Waals surface area contributed by atoms with Crippen molar-refractivity contribution in [2.75, 3.05) is 0 Å². The van der Waals surface area contributed by atoms with Gasteiger partial charge in [0.2, 0.25) is 0 Å². The minimum atomic E-state index is -4.27. The Bertz CT molecular complexity index is 392. The Morgan fingerprint density at radius 2 is 1.88 bits per heavy atom. The second-order valence-electron chi connectivity index (χ2n) is 2.75. The fourth-order valence-electron chi connectivity index (χ4n) is 1.04. The van der Waals surface area contributed by atoms with Crippen LogP contribution in [0, 0.1) is 0 Å². The van der Waals surface area contributed by atoms with Gasteiger partial charge in [-0.2, -0.15) is 17.6 Å². The first-order valence-electron chi connectivity index (χ1n) is 4.01. The summed E-state index contributed by atoms with van der Waals surface area (Å²) in [4.78, 5) is 10.3. The molecule has 0 saturated heterocycles. The minimum absolute atomic E-state index is 0.714. The van der Waals surface area contributed by atoms with E-state index in [2.05, 4.69) is 4.74 Å². The maximum Gasteiger partial charge on any atom is 0.387 e. The maximum atomic E-state index is 13.1. The quantitative estimate of drug-likeness (QED) is 0.819. The average Bonchev–Trinajstić information content (AvgIpc) is 2.17. The van der Waals surface area contributed by atoms with Crippen molar-refractivity contribution in [3.8, 4) is 5.75 Å². The third-order valence-corrected chi connectivity index (χ3v) is 1.71. The molecule has 0 bridgehead atoms. The highest BCUT2D eigenvalue weighted by Gasteiger charge is 2.43. The van der Waals surface area contributed by atoms with Gasteiger partial charge < -0.3 is 9.84 Å². The summed E-state index contributed by atoms with van der Waals surface area (Å²) in [6.45, 7) is -3.30. The van der Waals surface area contributed by atoms with Crippen molar-refractivity contribution >= 4 is 5.97 Å². The Balaban J connectivity index is 3.17. The first kappa shape index (κ1) is 12.3. The van der Waals surface area contributed by atoms with E-state index in [0.717, 1.165) is 12.1 Å². The first-order chi connectivity index (χ1) is 7.35. The van der Waals surface area contributed by atoms with Crippen molar-refractivity contribution < 1.29 is 32.2 Å². The van der Waals surface area contributed by atoms with E-state index in [1.807, 2.05) is 0 Å². The van der Waals surface area contributed by atoms with Crippen LogP contribution in [-0.2, 0) is 10.7 Å². The summed E-state index contributed by atoms with van der Waals surface area (Å²) in [6, 6.07) is 3.84. The van der Waals surface area contributed by atoms with Gasteiger partial charge in [0.15, 0.2) is 0 Å². The molecule has 0 unspecified atom stereocenters. The fourth-order valence-corrected chi connectivity index (χ4v) is 1.04. The normalized spacial score (nSPS) is 11.6. The summed E-state index contributed by atoms with van der Waals surface area (Å²) in [5.74, 6) is -7.56. The van der Waals surface area contributed by atoms with Gasteiger partial charge in [-0.25, -0.2) is 4.79 Å². The Kier molecular flexibility index (Phi) is 3.36. The fraction of sp³-hybridized carbons (Fsp3) is 0.222. The van der Waals surface area contributed by atoms with E-state index in [-0.39, 0.29) is 0 Å². The summed E-state index contributed by atoms with van der Waals surface area (Å²) in [7, 11) is 0. The molecule has 0 aliphatic carbocycles. The molecule has 1 aromatic carbocycles. The lowest BCUT2D eigenvalue weighted by atomic mass is 10.1. The van der Waals surface area contributed by atoms with Crippen LogP contribution in [0.25, 0.3) is 0 Å². The molecule has 0 atom stereocenters. The second kappa shape index (κ2) is 4.38. The minimum Gasteiger partial charge on any atom is -0.477 e. The van der Waals surface area contributed by atoms with E-state index in [4.69, 9.17) is 5.11 Å². The number of para-hydroxylation sites is 1. The van der Waals surface area contributed by atoms with E-state index >= 15 is 0 Å². The van der Waals surface area contributed by atoms with Gasteiger partial charge in [0, 0.05) is 0 Å². The van der Waals surface area contributed by atoms with Gasteiger partial charge in [-0.05, 0) is 12.1 Å². The molecule has 3 nitrogen and oxygen atoms in total. The number of benzene rings is 1. The number of carboxylic acids is 1. The number of hydrogen-bond donors (Lipinski definition) is 1. The average molecular weight is 238 g/mol. The van der Waals surface area contributed by atoms with Crippen LogP contribution in [0.15, 0.2) is 24.3 Å². The molecule has 0 spiro atoms. The molecule has 88 valence electrons. The summed E-state index contributed by atoms with van der Waals surface area (Å²) < 4.78 is 53.7. The lowest BCUT2D eigenvalue weighted by molar-refractivity contribution is -0.167. The lowest BCUT2D eigenvalue weighted by Crippen LogP contribution is -2.26. The van der Waals surface area contributed by atoms with Gasteiger partial charge in [-0.1, -0.05) is 12.1 Å². The molecule has 1 rings (SSSR count). The number of halogens is 4. The SMILES string of the molecule is O=C(O)C(F)(F)c1ccccc1OC(F)F. The number of carboxylic acid groups (broad SMARTS) is 1. The number of carbonyl (C=O) groups is 1. The Morgan fingerprint density at radius 3 is 2.38 bits per heavy atom. The van der Waals surface area contributed by atoms with Gasteiger partial charge in [0.05, 0.1) is 5.56 Å². The molecule has 0 radical (unpaired) electrons. The van der Waals surface area contributed by atoms with Crippen molar-refractivity contribution in [3.63, 3.8) is 0 Å². The van der Waals surface area contributed by atoms with Gasteiger partial charge in [0.1, 0.15) is 5.75 Å². The zero-order valence-electron chi connectivity index (χ0n) is 7.66. The molecule has 1 aromatic rings. The van der Waals surface area contributed by atoms with Gasteiger partial charge in [0.25, 0.3) is 0 Å². The number of alkyl halides is 4. The first-order valence-corrected chi connectivity index (χ1v) is 4.01. The Hall–Kier alpha value is -1.79. The summed E-state index contributed by atoms with van der Waals surface area (Å²) in [5, 5.41) is 8.26. The molecule has 0 heterocycles. The monoisotopic (exact) mass is 238 g/mol. The molecule has 1 N–H and O–H groups in total. The molecular formula is C9H6F4O3. The summed E-state index contributed by atoms with van der Waals surface area (Å²) in [6.07, 6.45) is 0. The molecule has 0 amide bonds. The van der Waals surface area contributed by atoms with Gasteiger partial charge >= 0.3 is 18.5 Å². The summed E-state index contributed by atoms with van der Waals surface area (Å²) >= 11 is 0. The predicted molar refractivity (Wildman–Crippen MR) is 44.6 cm³/mol. The highest BCUT2D eigenvalue weighted by Crippen LogP contribution is 2.35. The maximum absolute atomic E-state index is 13.1. The van der Waals surface area contributed by atoms with Crippen LogP contribution in [0.2, 0.25) is 0 Å². The summed E-state index contributed by atoms with van der Waals surface area (Å²) in [5.41, 5.74) is -1.11. The van der Waals surface area contributed by atoms with Crippen LogP contribution in [0.1, 0.15) is 5.56 Å². The molecule has 0 aliphatic rings. The van der Waals surface area contributed by atoms with E-state index in [1.165, 1.54) is 6.07 Å². The zero-order valence-corrected chi connectivity index (χ0v) is 7.66. The number of aliphatic carboxylic acids is 1. The molecule has 7 heteroatoms. The van der Waals surface area contributed by atoms with Crippen LogP contribution < -0.4 is 4.74 Å². The van der Waals surface area contributed by atoms with Crippen LogP contribution in [0.5, 0.6) is 5.75 Å². The van der Waals surface area contributed by atoms with Crippen molar-refractivity contribution in [3.05, 3.63) is 29.8 Å². The molecule has 0 fully saturated rings. The van der Waals surface area contributed by atoms with E-state index in [0.29, 0.717) is 6.07 Å². The molecule has 0 aliphatic heterocycles. The van der Waals surface area contributed by atoms with E-state index < -0.39 is 29.8 Å². The predicted octanol–water partition coefficient (Wildman–Crippen LogP) is 2.46. The highest BCUT2D eigenvalue weighted by molar-refractivity contribution is 5.78. The van der Waals surface area contributed by atoms with Gasteiger partial charge in [-0.3, -0.25) is 0 Å². The van der Waals surface area contributed by atoms with Crippen molar-refractivity contribution in [1.29, 1.82) is 0 Å². The smallest absolute Gasteiger partial charge is 0.387 e. The third kappa shape index (κ3) is 2.41. The van der Waals surface area contributed by atoms with E-state index in [9.17, 15) is 22.4 Å².